The molecule has 6 heteroatoms. The van der Waals surface area contributed by atoms with E-state index < -0.39 is 0 Å². The molecule has 1 atom stereocenters. The Hall–Kier alpha value is -1.79. The summed E-state index contributed by atoms with van der Waals surface area (Å²) in [5, 5.41) is 12.7. The number of Topliss-reactive ketones (excluding diaryl/α,β-unsaturated/α-hetero) is 1. The summed E-state index contributed by atoms with van der Waals surface area (Å²) in [6.45, 7) is 5.63. The molecule has 5 nitrogen and oxygen atoms in total. The molecule has 0 amide bonds. The number of thiophene rings is 1. The van der Waals surface area contributed by atoms with E-state index in [-0.39, 0.29) is 24.3 Å². The Balaban J connectivity index is 2.33. The van der Waals surface area contributed by atoms with Gasteiger partial charge >= 0.3 is 0 Å². The molecule has 0 aromatic carbocycles. The van der Waals surface area contributed by atoms with Crippen molar-refractivity contribution in [1.29, 1.82) is 0 Å². The highest BCUT2D eigenvalue weighted by molar-refractivity contribution is 7.17. The molecule has 21 heavy (non-hydrogen) atoms. The van der Waals surface area contributed by atoms with Crippen LogP contribution in [0.4, 0.5) is 5.82 Å². The number of carbonyl (C=O) groups excluding carboxylic acids is 1. The molecule has 0 aliphatic rings. The lowest BCUT2D eigenvalue weighted by Crippen LogP contribution is -2.30. The molecule has 0 bridgehead atoms. The summed E-state index contributed by atoms with van der Waals surface area (Å²) >= 11 is 1.40. The van der Waals surface area contributed by atoms with Gasteiger partial charge in [0.05, 0.1) is 22.4 Å². The highest BCUT2D eigenvalue weighted by atomic mass is 32.1. The summed E-state index contributed by atoms with van der Waals surface area (Å²) in [6.07, 6.45) is 3.23. The second kappa shape index (κ2) is 6.78. The summed E-state index contributed by atoms with van der Waals surface area (Å²) < 4.78 is 0. The Morgan fingerprint density at radius 1 is 1.33 bits per heavy atom. The first kappa shape index (κ1) is 15.6. The zero-order valence-corrected chi connectivity index (χ0v) is 13.1. The van der Waals surface area contributed by atoms with Crippen molar-refractivity contribution in [3.63, 3.8) is 0 Å². The molecule has 2 N–H and O–H groups in total. The lowest BCUT2D eigenvalue weighted by molar-refractivity contribution is 0.102. The zero-order chi connectivity index (χ0) is 15.4. The van der Waals surface area contributed by atoms with Crippen LogP contribution in [0.5, 0.6) is 0 Å². The van der Waals surface area contributed by atoms with Crippen molar-refractivity contribution in [3.05, 3.63) is 29.4 Å². The first-order chi connectivity index (χ1) is 10.0. The van der Waals surface area contributed by atoms with Crippen molar-refractivity contribution in [3.8, 4) is 10.6 Å². The lowest BCUT2D eigenvalue weighted by atomic mass is 10.1. The average Bonchev–Trinajstić information content (AvgIpc) is 2.94. The fourth-order valence-corrected chi connectivity index (χ4v) is 2.78. The van der Waals surface area contributed by atoms with E-state index in [1.165, 1.54) is 11.3 Å². The molecular weight excluding hydrogens is 286 g/mol. The van der Waals surface area contributed by atoms with E-state index in [4.69, 9.17) is 0 Å². The molecule has 2 aromatic heterocycles. The van der Waals surface area contributed by atoms with Crippen LogP contribution in [0.2, 0.25) is 0 Å². The number of ketones is 1. The number of carbonyl (C=O) groups is 1. The second-order valence-corrected chi connectivity index (χ2v) is 6.23. The fourth-order valence-electron chi connectivity index (χ4n) is 1.88. The normalized spacial score (nSPS) is 12.4. The number of nitrogens with one attached hydrogen (secondary N) is 1. The number of nitrogens with zero attached hydrogens (tertiary/aromatic N) is 2. The van der Waals surface area contributed by atoms with Crippen molar-refractivity contribution in [2.24, 2.45) is 5.92 Å². The minimum Gasteiger partial charge on any atom is -0.394 e. The topological polar surface area (TPSA) is 75.1 Å². The van der Waals surface area contributed by atoms with Gasteiger partial charge in [-0.25, -0.2) is 9.97 Å². The average molecular weight is 305 g/mol. The number of anilines is 1. The maximum Gasteiger partial charge on any atom is 0.169 e. The summed E-state index contributed by atoms with van der Waals surface area (Å²) in [7, 11) is 0. The van der Waals surface area contributed by atoms with E-state index in [2.05, 4.69) is 15.3 Å². The molecule has 0 aliphatic carbocycles. The van der Waals surface area contributed by atoms with Crippen LogP contribution in [0.3, 0.4) is 0 Å². The fraction of sp³-hybridized carbons (Fsp3) is 0.400. The summed E-state index contributed by atoms with van der Waals surface area (Å²) in [6, 6.07) is 3.58. The lowest BCUT2D eigenvalue weighted by Gasteiger charge is -2.21. The van der Waals surface area contributed by atoms with Crippen LogP contribution in [0.15, 0.2) is 24.5 Å². The van der Waals surface area contributed by atoms with E-state index in [0.717, 1.165) is 4.88 Å². The van der Waals surface area contributed by atoms with Gasteiger partial charge in [-0.15, -0.1) is 11.3 Å². The monoisotopic (exact) mass is 305 g/mol. The van der Waals surface area contributed by atoms with Crippen LogP contribution in [0.25, 0.3) is 10.6 Å². The van der Waals surface area contributed by atoms with Gasteiger partial charge in [-0.1, -0.05) is 13.8 Å². The first-order valence-electron chi connectivity index (χ1n) is 6.82. The molecular formula is C15H19N3O2S. The van der Waals surface area contributed by atoms with Crippen LogP contribution in [0, 0.1) is 5.92 Å². The molecule has 0 aliphatic heterocycles. The van der Waals surface area contributed by atoms with Crippen molar-refractivity contribution in [2.75, 3.05) is 11.9 Å². The van der Waals surface area contributed by atoms with Gasteiger partial charge < -0.3 is 10.4 Å². The van der Waals surface area contributed by atoms with E-state index in [1.807, 2.05) is 19.9 Å². The number of rotatable bonds is 6. The summed E-state index contributed by atoms with van der Waals surface area (Å²) in [5.74, 6) is 0.934. The van der Waals surface area contributed by atoms with E-state index in [9.17, 15) is 9.90 Å². The van der Waals surface area contributed by atoms with Crippen molar-refractivity contribution >= 4 is 22.9 Å². The highest BCUT2D eigenvalue weighted by Gasteiger charge is 2.17. The van der Waals surface area contributed by atoms with Crippen molar-refractivity contribution < 1.29 is 9.90 Å². The molecule has 2 heterocycles. The predicted octanol–water partition coefficient (Wildman–Crippen LogP) is 2.84. The van der Waals surface area contributed by atoms with Crippen LogP contribution in [-0.4, -0.2) is 33.5 Å². The molecule has 0 unspecified atom stereocenters. The maximum absolute atomic E-state index is 11.4. The van der Waals surface area contributed by atoms with E-state index in [0.29, 0.717) is 16.4 Å². The Morgan fingerprint density at radius 3 is 2.62 bits per heavy atom. The van der Waals surface area contributed by atoms with Crippen molar-refractivity contribution in [2.45, 2.75) is 26.8 Å². The van der Waals surface area contributed by atoms with Gasteiger partial charge in [-0.2, -0.15) is 0 Å². The van der Waals surface area contributed by atoms with Crippen LogP contribution < -0.4 is 5.32 Å². The van der Waals surface area contributed by atoms with Gasteiger partial charge in [0.25, 0.3) is 0 Å². The molecule has 0 radical (unpaired) electrons. The van der Waals surface area contributed by atoms with Gasteiger partial charge in [-0.3, -0.25) is 4.79 Å². The molecule has 112 valence electrons. The van der Waals surface area contributed by atoms with Crippen LogP contribution in [0.1, 0.15) is 30.4 Å². The number of hydrogen-bond acceptors (Lipinski definition) is 6. The van der Waals surface area contributed by atoms with E-state index >= 15 is 0 Å². The Bertz CT molecular complexity index is 625. The van der Waals surface area contributed by atoms with Gasteiger partial charge in [0, 0.05) is 12.4 Å². The molecule has 0 fully saturated rings. The third-order valence-electron chi connectivity index (χ3n) is 3.21. The Kier molecular flexibility index (Phi) is 5.03. The SMILES string of the molecule is CC(=O)c1ccc(-c2nccnc2N[C@@H](CO)C(C)C)s1. The molecule has 2 aromatic rings. The largest absolute Gasteiger partial charge is 0.394 e. The van der Waals surface area contributed by atoms with Crippen LogP contribution >= 0.6 is 11.3 Å². The summed E-state index contributed by atoms with van der Waals surface area (Å²) in [5.41, 5.74) is 0.703. The highest BCUT2D eigenvalue weighted by Crippen LogP contribution is 2.31. The minimum atomic E-state index is -0.0901. The Labute approximate surface area is 128 Å². The molecule has 0 saturated carbocycles. The third kappa shape index (κ3) is 3.65. The minimum absolute atomic E-state index is 0.0246. The van der Waals surface area contributed by atoms with Crippen molar-refractivity contribution in [1.82, 2.24) is 9.97 Å². The number of aromatic nitrogens is 2. The molecule has 2 rings (SSSR count). The second-order valence-electron chi connectivity index (χ2n) is 5.15. The number of hydrogen-bond donors (Lipinski definition) is 2. The quantitative estimate of drug-likeness (QED) is 0.803. The molecule has 0 saturated heterocycles. The van der Waals surface area contributed by atoms with Gasteiger partial charge in [0.2, 0.25) is 0 Å². The summed E-state index contributed by atoms with van der Waals surface area (Å²) in [4.78, 5) is 21.7. The zero-order valence-electron chi connectivity index (χ0n) is 12.3. The van der Waals surface area contributed by atoms with Gasteiger partial charge in [0.1, 0.15) is 5.69 Å². The molecule has 0 spiro atoms. The third-order valence-corrected chi connectivity index (χ3v) is 4.40. The maximum atomic E-state index is 11.4. The number of aliphatic hydroxyl groups is 1. The standard InChI is InChI=1S/C15H19N3O2S/c1-9(2)11(8-19)18-15-14(16-6-7-17-15)13-5-4-12(21-13)10(3)20/h4-7,9,11,19H,8H2,1-3H3,(H,17,18)/t11-/m0/s1. The number of aliphatic hydroxyl groups excluding tert-OH is 1. The van der Waals surface area contributed by atoms with Gasteiger partial charge in [-0.05, 0) is 25.0 Å². The van der Waals surface area contributed by atoms with Gasteiger partial charge in [0.15, 0.2) is 11.6 Å². The smallest absolute Gasteiger partial charge is 0.169 e. The Morgan fingerprint density at radius 2 is 2.05 bits per heavy atom. The van der Waals surface area contributed by atoms with Crippen LogP contribution in [-0.2, 0) is 0 Å². The predicted molar refractivity (Wildman–Crippen MR) is 84.7 cm³/mol. The first-order valence-corrected chi connectivity index (χ1v) is 7.64. The van der Waals surface area contributed by atoms with E-state index in [1.54, 1.807) is 25.4 Å².